The first-order valence-electron chi connectivity index (χ1n) is 12.1. The minimum absolute atomic E-state index is 0.0185. The Morgan fingerprint density at radius 1 is 0.812 bits per heavy atom. The molecule has 0 bridgehead atoms. The number of carbonyl (C=O) groups excluding carboxylic acids is 2. The summed E-state index contributed by atoms with van der Waals surface area (Å²) in [5.74, 6) is 0.923. The average molecular weight is 477 g/mol. The number of rotatable bonds is 24. The molecule has 0 heterocycles. The second-order valence-corrected chi connectivity index (χ2v) is 8.80. The monoisotopic (exact) mass is 476 g/mol. The van der Waals surface area contributed by atoms with Crippen molar-refractivity contribution in [1.29, 1.82) is 0 Å². The minimum atomic E-state index is -0.0749. The van der Waals surface area contributed by atoms with Gasteiger partial charge in [-0.3, -0.25) is 9.59 Å². The summed E-state index contributed by atoms with van der Waals surface area (Å²) < 4.78 is 5.84. The maximum absolute atomic E-state index is 12.1. The number of hydrogen-bond acceptors (Lipinski definition) is 8. The third-order valence-corrected chi connectivity index (χ3v) is 5.47. The number of nitrogens with one attached hydrogen (secondary N) is 4. The molecule has 9 nitrogen and oxygen atoms in total. The zero-order chi connectivity index (χ0) is 23.7. The van der Waals surface area contributed by atoms with E-state index < -0.39 is 0 Å². The van der Waals surface area contributed by atoms with Crippen molar-refractivity contribution >= 4 is 23.6 Å². The highest BCUT2D eigenvalue weighted by molar-refractivity contribution is 7.98. The summed E-state index contributed by atoms with van der Waals surface area (Å²) in [4.78, 5) is 23.6. The quantitative estimate of drug-likeness (QED) is 0.108. The normalized spacial score (nSPS) is 12.0. The SMILES string of the molecule is CSCCC(=O)NCCCCCCNC(=O)COC(CCNCCCN)CNCCCN. The maximum atomic E-state index is 12.1. The van der Waals surface area contributed by atoms with E-state index in [1.165, 1.54) is 0 Å². The molecule has 32 heavy (non-hydrogen) atoms. The molecular weight excluding hydrogens is 428 g/mol. The third-order valence-electron chi connectivity index (χ3n) is 4.86. The number of thioether (sulfide) groups is 1. The van der Waals surface area contributed by atoms with Gasteiger partial charge in [0.25, 0.3) is 0 Å². The zero-order valence-electron chi connectivity index (χ0n) is 20.1. The molecule has 0 spiro atoms. The summed E-state index contributed by atoms with van der Waals surface area (Å²) >= 11 is 1.68. The third kappa shape index (κ3) is 22.3. The fourth-order valence-electron chi connectivity index (χ4n) is 2.94. The number of carbonyl (C=O) groups is 2. The van der Waals surface area contributed by atoms with Crippen LogP contribution in [0.4, 0.5) is 0 Å². The summed E-state index contributed by atoms with van der Waals surface area (Å²) in [5, 5.41) is 12.6. The Morgan fingerprint density at radius 2 is 1.44 bits per heavy atom. The summed E-state index contributed by atoms with van der Waals surface area (Å²) in [6, 6.07) is 0. The van der Waals surface area contributed by atoms with Gasteiger partial charge in [0, 0.05) is 31.8 Å². The van der Waals surface area contributed by atoms with Gasteiger partial charge in [-0.15, -0.1) is 0 Å². The number of hydrogen-bond donors (Lipinski definition) is 6. The molecule has 0 aliphatic rings. The van der Waals surface area contributed by atoms with E-state index in [-0.39, 0.29) is 24.5 Å². The standard InChI is InChI=1S/C22H48N6O3S/c1-32-17-9-21(29)27-14-4-2-3-5-15-28-22(30)19-31-20(18-26-13-7-11-24)8-16-25-12-6-10-23/h20,25-26H,2-19,23-24H2,1H3,(H,27,29)(H,28,30). The van der Waals surface area contributed by atoms with Crippen LogP contribution in [0.5, 0.6) is 0 Å². The molecular formula is C22H48N6O3S. The Hall–Kier alpha value is -0.910. The highest BCUT2D eigenvalue weighted by Crippen LogP contribution is 2.00. The highest BCUT2D eigenvalue weighted by atomic mass is 32.2. The van der Waals surface area contributed by atoms with Crippen molar-refractivity contribution in [2.45, 2.75) is 57.5 Å². The van der Waals surface area contributed by atoms with Crippen molar-refractivity contribution in [2.75, 3.05) is 71.0 Å². The van der Waals surface area contributed by atoms with Crippen LogP contribution in [0.1, 0.15) is 51.4 Å². The Kier molecular flexibility index (Phi) is 24.0. The Balaban J connectivity index is 3.80. The van der Waals surface area contributed by atoms with Crippen molar-refractivity contribution in [3.8, 4) is 0 Å². The molecule has 1 unspecified atom stereocenters. The van der Waals surface area contributed by atoms with Gasteiger partial charge < -0.3 is 37.5 Å². The molecule has 8 N–H and O–H groups in total. The molecule has 0 rings (SSSR count). The molecule has 0 aromatic rings. The van der Waals surface area contributed by atoms with Gasteiger partial charge in [0.1, 0.15) is 6.61 Å². The maximum Gasteiger partial charge on any atom is 0.246 e. The first-order valence-corrected chi connectivity index (χ1v) is 13.5. The number of amides is 2. The smallest absolute Gasteiger partial charge is 0.246 e. The van der Waals surface area contributed by atoms with E-state index in [9.17, 15) is 9.59 Å². The molecule has 0 aliphatic carbocycles. The van der Waals surface area contributed by atoms with Gasteiger partial charge in [-0.25, -0.2) is 0 Å². The molecule has 2 amide bonds. The Labute approximate surface area is 199 Å². The lowest BCUT2D eigenvalue weighted by Gasteiger charge is -2.19. The molecule has 0 radical (unpaired) electrons. The van der Waals surface area contributed by atoms with Gasteiger partial charge in [-0.2, -0.15) is 11.8 Å². The Bertz CT molecular complexity index is 446. The van der Waals surface area contributed by atoms with Crippen LogP contribution in [0.25, 0.3) is 0 Å². The predicted octanol–water partition coefficient (Wildman–Crippen LogP) is 0.184. The van der Waals surface area contributed by atoms with Crippen LogP contribution in [0.15, 0.2) is 0 Å². The van der Waals surface area contributed by atoms with E-state index in [4.69, 9.17) is 16.2 Å². The number of ether oxygens (including phenoxy) is 1. The van der Waals surface area contributed by atoms with Crippen LogP contribution >= 0.6 is 11.8 Å². The van der Waals surface area contributed by atoms with Gasteiger partial charge in [-0.1, -0.05) is 12.8 Å². The fraction of sp³-hybridized carbons (Fsp3) is 0.909. The van der Waals surface area contributed by atoms with Gasteiger partial charge in [-0.05, 0) is 71.1 Å². The van der Waals surface area contributed by atoms with Gasteiger partial charge in [0.05, 0.1) is 6.10 Å². The van der Waals surface area contributed by atoms with Gasteiger partial charge >= 0.3 is 0 Å². The van der Waals surface area contributed by atoms with Crippen molar-refractivity contribution in [3.05, 3.63) is 0 Å². The lowest BCUT2D eigenvalue weighted by Crippen LogP contribution is -2.37. The first-order chi connectivity index (χ1) is 15.6. The zero-order valence-corrected chi connectivity index (χ0v) is 20.9. The van der Waals surface area contributed by atoms with E-state index >= 15 is 0 Å². The fourth-order valence-corrected chi connectivity index (χ4v) is 3.33. The van der Waals surface area contributed by atoms with Crippen molar-refractivity contribution < 1.29 is 14.3 Å². The molecule has 0 saturated carbocycles. The van der Waals surface area contributed by atoms with Crippen molar-refractivity contribution in [3.63, 3.8) is 0 Å². The second kappa shape index (κ2) is 24.7. The van der Waals surface area contributed by atoms with Crippen LogP contribution in [0.2, 0.25) is 0 Å². The molecule has 10 heteroatoms. The second-order valence-electron chi connectivity index (χ2n) is 7.82. The van der Waals surface area contributed by atoms with Crippen LogP contribution in [-0.4, -0.2) is 88.9 Å². The van der Waals surface area contributed by atoms with Crippen LogP contribution in [0, 0.1) is 0 Å². The van der Waals surface area contributed by atoms with E-state index in [0.717, 1.165) is 76.9 Å². The summed E-state index contributed by atoms with van der Waals surface area (Å²) in [6.45, 7) is 6.10. The first kappa shape index (κ1) is 31.1. The highest BCUT2D eigenvalue weighted by Gasteiger charge is 2.11. The summed E-state index contributed by atoms with van der Waals surface area (Å²) in [5.41, 5.74) is 11.0. The van der Waals surface area contributed by atoms with Crippen molar-refractivity contribution in [2.24, 2.45) is 11.5 Å². The molecule has 0 fully saturated rings. The Morgan fingerprint density at radius 3 is 2.06 bits per heavy atom. The summed E-state index contributed by atoms with van der Waals surface area (Å²) in [6.07, 6.45) is 9.26. The number of unbranched alkanes of at least 4 members (excludes halogenated alkanes) is 3. The van der Waals surface area contributed by atoms with E-state index in [1.54, 1.807) is 11.8 Å². The van der Waals surface area contributed by atoms with E-state index in [2.05, 4.69) is 21.3 Å². The van der Waals surface area contributed by atoms with Crippen molar-refractivity contribution in [1.82, 2.24) is 21.3 Å². The lowest BCUT2D eigenvalue weighted by molar-refractivity contribution is -0.127. The molecule has 0 aromatic heterocycles. The molecule has 0 aliphatic heterocycles. The molecule has 190 valence electrons. The molecule has 0 saturated heterocycles. The van der Waals surface area contributed by atoms with Crippen LogP contribution < -0.4 is 32.7 Å². The van der Waals surface area contributed by atoms with E-state index in [1.807, 2.05) is 6.26 Å². The average Bonchev–Trinajstić information content (AvgIpc) is 2.79. The van der Waals surface area contributed by atoms with Crippen LogP contribution in [-0.2, 0) is 14.3 Å². The topological polar surface area (TPSA) is 144 Å². The number of nitrogens with two attached hydrogens (primary N) is 2. The molecule has 0 aromatic carbocycles. The minimum Gasteiger partial charge on any atom is -0.367 e. The van der Waals surface area contributed by atoms with Gasteiger partial charge in [0.2, 0.25) is 11.8 Å². The van der Waals surface area contributed by atoms with Gasteiger partial charge in [0.15, 0.2) is 0 Å². The van der Waals surface area contributed by atoms with E-state index in [0.29, 0.717) is 32.6 Å². The van der Waals surface area contributed by atoms with Crippen LogP contribution in [0.3, 0.4) is 0 Å². The molecule has 1 atom stereocenters. The largest absolute Gasteiger partial charge is 0.367 e. The lowest BCUT2D eigenvalue weighted by atomic mass is 10.2. The summed E-state index contributed by atoms with van der Waals surface area (Å²) in [7, 11) is 0. The predicted molar refractivity (Wildman–Crippen MR) is 135 cm³/mol.